The second-order valence-corrected chi connectivity index (χ2v) is 6.07. The van der Waals surface area contributed by atoms with Gasteiger partial charge in [-0.2, -0.15) is 0 Å². The van der Waals surface area contributed by atoms with E-state index in [0.29, 0.717) is 28.7 Å². The highest BCUT2D eigenvalue weighted by Gasteiger charge is 2.16. The summed E-state index contributed by atoms with van der Waals surface area (Å²) in [5.41, 5.74) is 0.912. The molecule has 0 aliphatic rings. The SMILES string of the molecule is COc1cc(C(=O)Nc2ccc(-n3ccnc3C)c(F)c2)cc(Cl)c1OC. The van der Waals surface area contributed by atoms with E-state index in [-0.39, 0.29) is 10.6 Å². The summed E-state index contributed by atoms with van der Waals surface area (Å²) in [5, 5.41) is 2.88. The van der Waals surface area contributed by atoms with E-state index in [1.54, 1.807) is 36.0 Å². The summed E-state index contributed by atoms with van der Waals surface area (Å²) < 4.78 is 26.4. The Morgan fingerprint density at radius 2 is 2.00 bits per heavy atom. The Morgan fingerprint density at radius 3 is 2.59 bits per heavy atom. The number of benzene rings is 2. The van der Waals surface area contributed by atoms with Gasteiger partial charge in [0.2, 0.25) is 0 Å². The Hall–Kier alpha value is -3.06. The van der Waals surface area contributed by atoms with Crippen LogP contribution in [-0.4, -0.2) is 29.7 Å². The van der Waals surface area contributed by atoms with Crippen LogP contribution in [0.2, 0.25) is 5.02 Å². The molecule has 6 nitrogen and oxygen atoms in total. The molecule has 140 valence electrons. The van der Waals surface area contributed by atoms with Crippen LogP contribution in [0.4, 0.5) is 10.1 Å². The zero-order valence-corrected chi connectivity index (χ0v) is 15.7. The number of hydrogen-bond acceptors (Lipinski definition) is 4. The Bertz CT molecular complexity index is 1000. The van der Waals surface area contributed by atoms with Crippen molar-refractivity contribution in [1.82, 2.24) is 9.55 Å². The summed E-state index contributed by atoms with van der Waals surface area (Å²) in [6.45, 7) is 1.77. The van der Waals surface area contributed by atoms with Crippen molar-refractivity contribution in [2.45, 2.75) is 6.92 Å². The van der Waals surface area contributed by atoms with Crippen molar-refractivity contribution in [3.05, 3.63) is 65.0 Å². The minimum Gasteiger partial charge on any atom is -0.493 e. The van der Waals surface area contributed by atoms with E-state index < -0.39 is 11.7 Å². The van der Waals surface area contributed by atoms with Crippen LogP contribution in [0.15, 0.2) is 42.7 Å². The topological polar surface area (TPSA) is 65.4 Å². The third kappa shape index (κ3) is 3.73. The molecule has 2 aromatic carbocycles. The van der Waals surface area contributed by atoms with Crippen molar-refractivity contribution >= 4 is 23.2 Å². The number of aromatic nitrogens is 2. The number of nitrogens with zero attached hydrogens (tertiary/aromatic N) is 2. The monoisotopic (exact) mass is 389 g/mol. The highest BCUT2D eigenvalue weighted by Crippen LogP contribution is 2.36. The highest BCUT2D eigenvalue weighted by molar-refractivity contribution is 6.32. The summed E-state index contributed by atoms with van der Waals surface area (Å²) in [4.78, 5) is 16.6. The predicted molar refractivity (Wildman–Crippen MR) is 101 cm³/mol. The molecule has 1 N–H and O–H groups in total. The van der Waals surface area contributed by atoms with Gasteiger partial charge in [-0.05, 0) is 37.3 Å². The van der Waals surface area contributed by atoms with Crippen LogP contribution < -0.4 is 14.8 Å². The molecule has 0 saturated heterocycles. The van der Waals surface area contributed by atoms with E-state index >= 15 is 0 Å². The molecular formula is C19H17ClFN3O3. The minimum absolute atomic E-state index is 0.235. The predicted octanol–water partition coefficient (Wildman–Crippen LogP) is 4.24. The molecule has 0 radical (unpaired) electrons. The first-order chi connectivity index (χ1) is 12.9. The number of nitrogens with one attached hydrogen (secondary N) is 1. The fourth-order valence-electron chi connectivity index (χ4n) is 2.66. The van der Waals surface area contributed by atoms with Crippen LogP contribution >= 0.6 is 11.6 Å². The number of ether oxygens (including phenoxy) is 2. The van der Waals surface area contributed by atoms with Gasteiger partial charge in [0, 0.05) is 23.6 Å². The maximum atomic E-state index is 14.5. The number of carbonyl (C=O) groups is 1. The van der Waals surface area contributed by atoms with Crippen LogP contribution in [0.5, 0.6) is 11.5 Å². The van der Waals surface area contributed by atoms with Gasteiger partial charge in [0.05, 0.1) is 24.9 Å². The normalized spacial score (nSPS) is 10.6. The van der Waals surface area contributed by atoms with Gasteiger partial charge in [0.25, 0.3) is 5.91 Å². The molecule has 0 aliphatic heterocycles. The number of amides is 1. The number of carbonyl (C=O) groups excluding carboxylic acids is 1. The van der Waals surface area contributed by atoms with E-state index in [1.807, 2.05) is 0 Å². The van der Waals surface area contributed by atoms with E-state index in [2.05, 4.69) is 10.3 Å². The molecule has 0 bridgehead atoms. The van der Waals surface area contributed by atoms with Gasteiger partial charge in [-0.1, -0.05) is 11.6 Å². The van der Waals surface area contributed by atoms with Gasteiger partial charge in [0.1, 0.15) is 11.6 Å². The molecule has 0 unspecified atom stereocenters. The van der Waals surface area contributed by atoms with Gasteiger partial charge in [0.15, 0.2) is 11.5 Å². The number of aryl methyl sites for hydroxylation is 1. The Labute approximate surface area is 160 Å². The molecule has 1 heterocycles. The van der Waals surface area contributed by atoms with E-state index in [1.165, 1.54) is 32.4 Å². The Balaban J connectivity index is 1.86. The summed E-state index contributed by atoms with van der Waals surface area (Å²) in [5.74, 6) is 0.378. The first-order valence-corrected chi connectivity index (χ1v) is 8.35. The van der Waals surface area contributed by atoms with E-state index in [9.17, 15) is 9.18 Å². The maximum absolute atomic E-state index is 14.5. The van der Waals surface area contributed by atoms with Crippen LogP contribution in [0.1, 0.15) is 16.2 Å². The molecule has 1 amide bonds. The zero-order chi connectivity index (χ0) is 19.6. The molecule has 27 heavy (non-hydrogen) atoms. The van der Waals surface area contributed by atoms with Crippen molar-refractivity contribution in [2.24, 2.45) is 0 Å². The summed E-state index contributed by atoms with van der Waals surface area (Å²) in [6.07, 6.45) is 3.25. The Morgan fingerprint density at radius 1 is 1.22 bits per heavy atom. The largest absolute Gasteiger partial charge is 0.493 e. The Kier molecular flexibility index (Phi) is 5.32. The number of halogens is 2. The molecule has 0 atom stereocenters. The smallest absolute Gasteiger partial charge is 0.255 e. The number of methoxy groups -OCH3 is 2. The van der Waals surface area contributed by atoms with Gasteiger partial charge >= 0.3 is 0 Å². The summed E-state index contributed by atoms with van der Waals surface area (Å²) in [6, 6.07) is 7.38. The number of rotatable bonds is 5. The van der Waals surface area contributed by atoms with Gasteiger partial charge in [-0.25, -0.2) is 9.37 Å². The van der Waals surface area contributed by atoms with Crippen molar-refractivity contribution in [1.29, 1.82) is 0 Å². The molecule has 0 saturated carbocycles. The lowest BCUT2D eigenvalue weighted by atomic mass is 10.1. The molecule has 3 aromatic rings. The molecule has 1 aromatic heterocycles. The van der Waals surface area contributed by atoms with Crippen LogP contribution in [0, 0.1) is 12.7 Å². The van der Waals surface area contributed by atoms with Crippen LogP contribution in [0.3, 0.4) is 0 Å². The second-order valence-electron chi connectivity index (χ2n) is 5.66. The molecule has 3 rings (SSSR count). The highest BCUT2D eigenvalue weighted by atomic mass is 35.5. The third-order valence-electron chi connectivity index (χ3n) is 3.99. The first kappa shape index (κ1) is 18.7. The average molecular weight is 390 g/mol. The van der Waals surface area contributed by atoms with Crippen LogP contribution in [0.25, 0.3) is 5.69 Å². The van der Waals surface area contributed by atoms with E-state index in [0.717, 1.165) is 0 Å². The molecule has 0 aliphatic carbocycles. The lowest BCUT2D eigenvalue weighted by Gasteiger charge is -2.13. The lowest BCUT2D eigenvalue weighted by molar-refractivity contribution is 0.102. The number of imidazole rings is 1. The van der Waals surface area contributed by atoms with Gasteiger partial charge in [-0.15, -0.1) is 0 Å². The average Bonchev–Trinajstić information content (AvgIpc) is 3.06. The van der Waals surface area contributed by atoms with Crippen molar-refractivity contribution < 1.29 is 18.7 Å². The number of hydrogen-bond donors (Lipinski definition) is 1. The number of anilines is 1. The first-order valence-electron chi connectivity index (χ1n) is 7.97. The van der Waals surface area contributed by atoms with E-state index in [4.69, 9.17) is 21.1 Å². The van der Waals surface area contributed by atoms with Crippen molar-refractivity contribution in [2.75, 3.05) is 19.5 Å². The molecular weight excluding hydrogens is 373 g/mol. The molecule has 0 fully saturated rings. The van der Waals surface area contributed by atoms with Crippen molar-refractivity contribution in [3.8, 4) is 17.2 Å². The second kappa shape index (κ2) is 7.67. The minimum atomic E-state index is -0.487. The summed E-state index contributed by atoms with van der Waals surface area (Å²) >= 11 is 6.12. The molecule has 0 spiro atoms. The molecule has 8 heteroatoms. The van der Waals surface area contributed by atoms with Gasteiger partial charge < -0.3 is 19.4 Å². The third-order valence-corrected chi connectivity index (χ3v) is 4.27. The maximum Gasteiger partial charge on any atom is 0.255 e. The lowest BCUT2D eigenvalue weighted by Crippen LogP contribution is -2.13. The fourth-order valence-corrected chi connectivity index (χ4v) is 2.95. The van der Waals surface area contributed by atoms with Gasteiger partial charge in [-0.3, -0.25) is 4.79 Å². The van der Waals surface area contributed by atoms with Crippen molar-refractivity contribution in [3.63, 3.8) is 0 Å². The zero-order valence-electron chi connectivity index (χ0n) is 14.9. The standard InChI is InChI=1S/C19H17ClFN3O3/c1-11-22-6-7-24(11)16-5-4-13(10-15(16)21)23-19(25)12-8-14(20)18(27-3)17(9-12)26-2/h4-10H,1-3H3,(H,23,25). The quantitative estimate of drug-likeness (QED) is 0.708. The summed E-state index contributed by atoms with van der Waals surface area (Å²) in [7, 11) is 2.90. The van der Waals surface area contributed by atoms with Crippen LogP contribution in [-0.2, 0) is 0 Å². The fraction of sp³-hybridized carbons (Fsp3) is 0.158.